The molecule has 2 aromatic carbocycles. The Labute approximate surface area is 180 Å². The fourth-order valence-electron chi connectivity index (χ4n) is 3.47. The highest BCUT2D eigenvalue weighted by atomic mass is 32.2. The molecule has 0 bridgehead atoms. The van der Waals surface area contributed by atoms with Gasteiger partial charge >= 0.3 is 0 Å². The van der Waals surface area contributed by atoms with Crippen LogP contribution in [0.15, 0.2) is 65.7 Å². The van der Waals surface area contributed by atoms with E-state index >= 15 is 0 Å². The van der Waals surface area contributed by atoms with Gasteiger partial charge in [-0.2, -0.15) is 0 Å². The molecule has 0 spiro atoms. The van der Waals surface area contributed by atoms with Crippen molar-refractivity contribution in [1.82, 2.24) is 15.0 Å². The summed E-state index contributed by atoms with van der Waals surface area (Å²) in [5.74, 6) is -0.136. The largest absolute Gasteiger partial charge is 0.384 e. The number of pyridine rings is 1. The number of anilines is 1. The summed E-state index contributed by atoms with van der Waals surface area (Å²) in [6, 6.07) is 14.4. The Kier molecular flexibility index (Phi) is 5.76. The summed E-state index contributed by atoms with van der Waals surface area (Å²) in [6.45, 7) is 1.28. The number of hydrogen-bond donors (Lipinski definition) is 3. The van der Waals surface area contributed by atoms with E-state index in [4.69, 9.17) is 10.5 Å². The van der Waals surface area contributed by atoms with Crippen LogP contribution in [0.1, 0.15) is 0 Å². The summed E-state index contributed by atoms with van der Waals surface area (Å²) in [5.41, 5.74) is 6.85. The molecule has 31 heavy (non-hydrogen) atoms. The molecule has 0 atom stereocenters. The lowest BCUT2D eigenvalue weighted by molar-refractivity contribution is -0.0454. The van der Waals surface area contributed by atoms with Crippen LogP contribution < -0.4 is 15.8 Å². The zero-order valence-corrected chi connectivity index (χ0v) is 17.7. The molecular weight excluding hydrogens is 419 g/mol. The Morgan fingerprint density at radius 2 is 1.87 bits per heavy atom. The molecule has 1 fully saturated rings. The number of sulfonamides is 1. The van der Waals surface area contributed by atoms with Gasteiger partial charge in [-0.05, 0) is 29.8 Å². The lowest BCUT2D eigenvalue weighted by Gasteiger charge is -2.41. The normalized spacial score (nSPS) is 15.4. The zero-order valence-electron chi connectivity index (χ0n) is 16.9. The summed E-state index contributed by atoms with van der Waals surface area (Å²) in [7, 11) is -2.28. The molecule has 9 heteroatoms. The van der Waals surface area contributed by atoms with Gasteiger partial charge in [0.1, 0.15) is 17.2 Å². The fraction of sp³-hybridized carbons (Fsp3) is 0.227. The van der Waals surface area contributed by atoms with E-state index < -0.39 is 21.4 Å². The molecule has 0 aliphatic carbocycles. The minimum atomic E-state index is -3.84. The lowest BCUT2D eigenvalue weighted by atomic mass is 9.97. The number of nitrogen functional groups attached to an aromatic ring is 1. The van der Waals surface area contributed by atoms with Crippen molar-refractivity contribution in [2.75, 3.05) is 32.5 Å². The van der Waals surface area contributed by atoms with E-state index in [1.54, 1.807) is 49.6 Å². The van der Waals surface area contributed by atoms with E-state index in [0.717, 1.165) is 0 Å². The van der Waals surface area contributed by atoms with E-state index in [0.29, 0.717) is 41.2 Å². The standard InChI is InChI=1S/C22H23FN4O3S/c1-30-22(12-25-13-22)14-27-31(28,29)20-5-3-2-4-18(20)15-6-8-17(19(23)10-15)16-7-9-21(24)26-11-16/h2-11,25,27H,12-14H2,1H3,(H2,24,26). The molecule has 162 valence electrons. The maximum atomic E-state index is 14.9. The first-order valence-corrected chi connectivity index (χ1v) is 11.2. The molecule has 1 aromatic heterocycles. The number of nitrogens with one attached hydrogen (secondary N) is 2. The molecular formula is C22H23FN4O3S. The Hall–Kier alpha value is -2.85. The van der Waals surface area contributed by atoms with E-state index in [1.165, 1.54) is 18.3 Å². The summed E-state index contributed by atoms with van der Waals surface area (Å²) in [4.78, 5) is 4.07. The van der Waals surface area contributed by atoms with Crippen LogP contribution in [0.3, 0.4) is 0 Å². The fourth-order valence-corrected chi connectivity index (χ4v) is 4.81. The maximum Gasteiger partial charge on any atom is 0.241 e. The predicted octanol–water partition coefficient (Wildman–Crippen LogP) is 2.40. The summed E-state index contributed by atoms with van der Waals surface area (Å²) < 4.78 is 49.0. The molecule has 7 nitrogen and oxygen atoms in total. The average molecular weight is 443 g/mol. The molecule has 4 rings (SSSR count). The number of methoxy groups -OCH3 is 1. The number of halogens is 1. The molecule has 0 unspecified atom stereocenters. The number of benzene rings is 2. The molecule has 0 amide bonds. The molecule has 4 N–H and O–H groups in total. The van der Waals surface area contributed by atoms with Gasteiger partial charge in [0.25, 0.3) is 0 Å². The number of hydrogen-bond acceptors (Lipinski definition) is 6. The summed E-state index contributed by atoms with van der Waals surface area (Å²) in [5, 5.41) is 3.08. The van der Waals surface area contributed by atoms with E-state index in [1.807, 2.05) is 0 Å². The van der Waals surface area contributed by atoms with Gasteiger partial charge in [0.05, 0.1) is 4.90 Å². The molecule has 2 heterocycles. The highest BCUT2D eigenvalue weighted by molar-refractivity contribution is 7.89. The van der Waals surface area contributed by atoms with E-state index in [2.05, 4.69) is 15.0 Å². The van der Waals surface area contributed by atoms with Crippen LogP contribution in [0.5, 0.6) is 0 Å². The second-order valence-electron chi connectivity index (χ2n) is 7.48. The van der Waals surface area contributed by atoms with Gasteiger partial charge in [-0.15, -0.1) is 0 Å². The molecule has 1 aliphatic rings. The number of aromatic nitrogens is 1. The minimum absolute atomic E-state index is 0.0786. The Bertz CT molecular complexity index is 1190. The Morgan fingerprint density at radius 1 is 1.13 bits per heavy atom. The Balaban J connectivity index is 1.65. The van der Waals surface area contributed by atoms with Gasteiger partial charge in [-0.3, -0.25) is 0 Å². The van der Waals surface area contributed by atoms with Crippen molar-refractivity contribution in [2.45, 2.75) is 10.5 Å². The summed E-state index contributed by atoms with van der Waals surface area (Å²) in [6.07, 6.45) is 1.50. The van der Waals surface area contributed by atoms with Gasteiger partial charge in [-0.25, -0.2) is 22.5 Å². The summed E-state index contributed by atoms with van der Waals surface area (Å²) >= 11 is 0. The van der Waals surface area contributed by atoms with Gasteiger partial charge in [0.15, 0.2) is 0 Å². The average Bonchev–Trinajstić information content (AvgIpc) is 2.74. The van der Waals surface area contributed by atoms with Crippen LogP contribution in [0.4, 0.5) is 10.2 Å². The first-order chi connectivity index (χ1) is 14.8. The molecule has 0 saturated carbocycles. The van der Waals surface area contributed by atoms with Gasteiger partial charge in [0.2, 0.25) is 10.0 Å². The first-order valence-electron chi connectivity index (χ1n) is 9.70. The van der Waals surface area contributed by atoms with Gasteiger partial charge in [-0.1, -0.05) is 30.3 Å². The minimum Gasteiger partial charge on any atom is -0.384 e. The van der Waals surface area contributed by atoms with Crippen molar-refractivity contribution in [3.63, 3.8) is 0 Å². The van der Waals surface area contributed by atoms with Crippen LogP contribution in [0.2, 0.25) is 0 Å². The van der Waals surface area contributed by atoms with E-state index in [9.17, 15) is 12.8 Å². The third-order valence-electron chi connectivity index (χ3n) is 5.47. The first kappa shape index (κ1) is 21.4. The molecule has 1 aliphatic heterocycles. The highest BCUT2D eigenvalue weighted by Gasteiger charge is 2.38. The van der Waals surface area contributed by atoms with Crippen molar-refractivity contribution >= 4 is 15.8 Å². The SMILES string of the molecule is COC1(CNS(=O)(=O)c2ccccc2-c2ccc(-c3ccc(N)nc3)c(F)c2)CNC1. The van der Waals surface area contributed by atoms with Crippen LogP contribution >= 0.6 is 0 Å². The number of nitrogens with zero attached hydrogens (tertiary/aromatic N) is 1. The maximum absolute atomic E-state index is 14.9. The lowest BCUT2D eigenvalue weighted by Crippen LogP contribution is -2.65. The van der Waals surface area contributed by atoms with Crippen molar-refractivity contribution < 1.29 is 17.5 Å². The highest BCUT2D eigenvalue weighted by Crippen LogP contribution is 2.31. The van der Waals surface area contributed by atoms with Gasteiger partial charge in [0, 0.05) is 49.6 Å². The molecule has 0 radical (unpaired) electrons. The third kappa shape index (κ3) is 4.31. The number of nitrogens with two attached hydrogens (primary N) is 1. The predicted molar refractivity (Wildman–Crippen MR) is 117 cm³/mol. The number of rotatable bonds is 7. The van der Waals surface area contributed by atoms with Gasteiger partial charge < -0.3 is 15.8 Å². The monoisotopic (exact) mass is 442 g/mol. The second-order valence-corrected chi connectivity index (χ2v) is 9.21. The Morgan fingerprint density at radius 3 is 2.48 bits per heavy atom. The second kappa shape index (κ2) is 8.35. The van der Waals surface area contributed by atoms with Crippen molar-refractivity contribution in [1.29, 1.82) is 0 Å². The molecule has 1 saturated heterocycles. The smallest absolute Gasteiger partial charge is 0.241 e. The van der Waals surface area contributed by atoms with Crippen LogP contribution in [-0.2, 0) is 14.8 Å². The van der Waals surface area contributed by atoms with Crippen LogP contribution in [-0.4, -0.2) is 45.7 Å². The van der Waals surface area contributed by atoms with E-state index in [-0.39, 0.29) is 11.4 Å². The number of ether oxygens (including phenoxy) is 1. The molecule has 3 aromatic rings. The van der Waals surface area contributed by atoms with Crippen molar-refractivity contribution in [3.05, 3.63) is 66.6 Å². The van der Waals surface area contributed by atoms with Crippen molar-refractivity contribution in [2.24, 2.45) is 0 Å². The quantitative estimate of drug-likeness (QED) is 0.519. The topological polar surface area (TPSA) is 106 Å². The third-order valence-corrected chi connectivity index (χ3v) is 6.93. The van der Waals surface area contributed by atoms with Crippen molar-refractivity contribution in [3.8, 4) is 22.3 Å². The zero-order chi connectivity index (χ0) is 22.1. The van der Waals surface area contributed by atoms with Crippen LogP contribution in [0, 0.1) is 5.82 Å². The van der Waals surface area contributed by atoms with Crippen LogP contribution in [0.25, 0.3) is 22.3 Å².